The van der Waals surface area contributed by atoms with Crippen molar-refractivity contribution in [2.45, 2.75) is 6.92 Å². The summed E-state index contributed by atoms with van der Waals surface area (Å²) in [5, 5.41) is 12.7. The van der Waals surface area contributed by atoms with Crippen molar-refractivity contribution in [1.29, 1.82) is 0 Å². The van der Waals surface area contributed by atoms with E-state index in [2.05, 4.69) is 5.32 Å². The monoisotopic (exact) mass is 474 g/mol. The first-order chi connectivity index (χ1) is 17.5. The second kappa shape index (κ2) is 9.77. The molecule has 0 spiro atoms. The van der Waals surface area contributed by atoms with Gasteiger partial charge in [0.05, 0.1) is 11.2 Å². The van der Waals surface area contributed by atoms with E-state index in [1.54, 1.807) is 29.7 Å². The number of anilines is 1. The summed E-state index contributed by atoms with van der Waals surface area (Å²) in [5.41, 5.74) is 7.01. The van der Waals surface area contributed by atoms with Crippen LogP contribution in [0.4, 0.5) is 5.69 Å². The lowest BCUT2D eigenvalue weighted by molar-refractivity contribution is 0.0706. The lowest BCUT2D eigenvalue weighted by Crippen LogP contribution is -2.19. The molecule has 1 aromatic heterocycles. The lowest BCUT2D eigenvalue weighted by atomic mass is 10.1. The Morgan fingerprint density at radius 3 is 2.17 bits per heavy atom. The zero-order chi connectivity index (χ0) is 25.1. The van der Waals surface area contributed by atoms with Crippen LogP contribution in [-0.2, 0) is 0 Å². The standard InChI is InChI=1S/C29H22N4O3/c1-18-11-12-22(29(35)33-36)17-25(18)31-28(34)21-15-13-20(14-16-21)27-30-24-10-6-5-9-23(24)26(32-27)19-7-3-2-4-8-19/h2-17,36H,1H3,(H,31,34)(H,33,35). The van der Waals surface area contributed by atoms with Crippen molar-refractivity contribution in [2.24, 2.45) is 0 Å². The Kier molecular flexibility index (Phi) is 6.21. The Morgan fingerprint density at radius 2 is 1.42 bits per heavy atom. The lowest BCUT2D eigenvalue weighted by Gasteiger charge is -2.11. The van der Waals surface area contributed by atoms with Crippen LogP contribution >= 0.6 is 0 Å². The third kappa shape index (κ3) is 4.55. The maximum atomic E-state index is 12.9. The van der Waals surface area contributed by atoms with Gasteiger partial charge in [0.25, 0.3) is 11.8 Å². The molecule has 7 nitrogen and oxygen atoms in total. The summed E-state index contributed by atoms with van der Waals surface area (Å²) in [6, 6.07) is 29.7. The molecule has 7 heteroatoms. The highest BCUT2D eigenvalue weighted by Crippen LogP contribution is 2.29. The number of nitrogens with one attached hydrogen (secondary N) is 2. The van der Waals surface area contributed by atoms with Crippen molar-refractivity contribution in [3.05, 3.63) is 114 Å². The first-order valence-corrected chi connectivity index (χ1v) is 11.3. The highest BCUT2D eigenvalue weighted by molar-refractivity contribution is 6.05. The maximum absolute atomic E-state index is 12.9. The fraction of sp³-hybridized carbons (Fsp3) is 0.0345. The number of hydrogen-bond donors (Lipinski definition) is 3. The van der Waals surface area contributed by atoms with Gasteiger partial charge in [-0.05, 0) is 42.8 Å². The highest BCUT2D eigenvalue weighted by atomic mass is 16.5. The van der Waals surface area contributed by atoms with Crippen LogP contribution in [0.1, 0.15) is 26.3 Å². The summed E-state index contributed by atoms with van der Waals surface area (Å²) in [6.07, 6.45) is 0. The van der Waals surface area contributed by atoms with Gasteiger partial charge in [0.2, 0.25) is 0 Å². The molecule has 36 heavy (non-hydrogen) atoms. The van der Waals surface area contributed by atoms with E-state index in [4.69, 9.17) is 15.2 Å². The van der Waals surface area contributed by atoms with Crippen LogP contribution in [0.25, 0.3) is 33.5 Å². The summed E-state index contributed by atoms with van der Waals surface area (Å²) < 4.78 is 0. The van der Waals surface area contributed by atoms with Crippen molar-refractivity contribution >= 4 is 28.4 Å². The number of nitrogens with zero attached hydrogens (tertiary/aromatic N) is 2. The molecule has 5 aromatic rings. The van der Waals surface area contributed by atoms with Crippen LogP contribution in [0.5, 0.6) is 0 Å². The van der Waals surface area contributed by atoms with Crippen molar-refractivity contribution < 1.29 is 14.8 Å². The number of fused-ring (bicyclic) bond motifs is 1. The smallest absolute Gasteiger partial charge is 0.274 e. The molecule has 2 amide bonds. The zero-order valence-electron chi connectivity index (χ0n) is 19.4. The van der Waals surface area contributed by atoms with E-state index >= 15 is 0 Å². The molecule has 0 aliphatic heterocycles. The van der Waals surface area contributed by atoms with Gasteiger partial charge < -0.3 is 5.32 Å². The Morgan fingerprint density at radius 1 is 0.722 bits per heavy atom. The molecular formula is C29H22N4O3. The number of hydroxylamine groups is 1. The van der Waals surface area contributed by atoms with Crippen LogP contribution in [0, 0.1) is 6.92 Å². The van der Waals surface area contributed by atoms with Crippen LogP contribution in [0.15, 0.2) is 97.1 Å². The minimum absolute atomic E-state index is 0.233. The van der Waals surface area contributed by atoms with Gasteiger partial charge in [-0.3, -0.25) is 14.8 Å². The SMILES string of the molecule is Cc1ccc(C(=O)NO)cc1NC(=O)c1ccc(-c2nc(-c3ccccc3)c3ccccc3n2)cc1. The molecule has 1 heterocycles. The molecule has 176 valence electrons. The number of amides is 2. The number of aryl methyl sites for hydroxylation is 1. The van der Waals surface area contributed by atoms with Crippen molar-refractivity contribution in [3.63, 3.8) is 0 Å². The first-order valence-electron chi connectivity index (χ1n) is 11.3. The molecule has 0 aliphatic rings. The van der Waals surface area contributed by atoms with E-state index in [0.717, 1.165) is 33.3 Å². The molecule has 0 aliphatic carbocycles. The zero-order valence-corrected chi connectivity index (χ0v) is 19.4. The van der Waals surface area contributed by atoms with Gasteiger partial charge in [0, 0.05) is 33.3 Å². The molecule has 0 saturated heterocycles. The van der Waals surface area contributed by atoms with Gasteiger partial charge in [-0.2, -0.15) is 0 Å². The second-order valence-electron chi connectivity index (χ2n) is 8.28. The fourth-order valence-corrected chi connectivity index (χ4v) is 3.95. The van der Waals surface area contributed by atoms with E-state index in [9.17, 15) is 9.59 Å². The van der Waals surface area contributed by atoms with Gasteiger partial charge in [-0.1, -0.05) is 66.7 Å². The van der Waals surface area contributed by atoms with Gasteiger partial charge in [0.1, 0.15) is 0 Å². The van der Waals surface area contributed by atoms with E-state index in [-0.39, 0.29) is 11.5 Å². The van der Waals surface area contributed by atoms with Crippen molar-refractivity contribution in [2.75, 3.05) is 5.32 Å². The topological polar surface area (TPSA) is 104 Å². The quantitative estimate of drug-likeness (QED) is 0.226. The van der Waals surface area contributed by atoms with E-state index in [0.29, 0.717) is 17.1 Å². The number of hydrogen-bond acceptors (Lipinski definition) is 5. The van der Waals surface area contributed by atoms with Gasteiger partial charge >= 0.3 is 0 Å². The minimum Gasteiger partial charge on any atom is -0.322 e. The molecule has 0 bridgehead atoms. The first kappa shape index (κ1) is 22.9. The molecule has 4 aromatic carbocycles. The molecule has 5 rings (SSSR count). The maximum Gasteiger partial charge on any atom is 0.274 e. The van der Waals surface area contributed by atoms with Gasteiger partial charge in [-0.15, -0.1) is 0 Å². The highest BCUT2D eigenvalue weighted by Gasteiger charge is 2.14. The Bertz CT molecular complexity index is 1580. The Hall–Kier alpha value is -4.88. The number of aromatic nitrogens is 2. The largest absolute Gasteiger partial charge is 0.322 e. The molecule has 3 N–H and O–H groups in total. The number of benzene rings is 4. The third-order valence-corrected chi connectivity index (χ3v) is 5.91. The molecular weight excluding hydrogens is 452 g/mol. The summed E-state index contributed by atoms with van der Waals surface area (Å²) >= 11 is 0. The fourth-order valence-electron chi connectivity index (χ4n) is 3.95. The number of carbonyl (C=O) groups is 2. The van der Waals surface area contributed by atoms with Crippen LogP contribution < -0.4 is 10.8 Å². The molecule has 0 fully saturated rings. The van der Waals surface area contributed by atoms with Gasteiger partial charge in [-0.25, -0.2) is 15.4 Å². The Labute approximate surface area is 207 Å². The average molecular weight is 475 g/mol. The summed E-state index contributed by atoms with van der Waals surface area (Å²) in [4.78, 5) is 34.2. The molecule has 0 atom stereocenters. The predicted molar refractivity (Wildman–Crippen MR) is 139 cm³/mol. The van der Waals surface area contributed by atoms with E-state index in [1.807, 2.05) is 73.7 Å². The number of rotatable bonds is 5. The van der Waals surface area contributed by atoms with Gasteiger partial charge in [0.15, 0.2) is 5.82 Å². The van der Waals surface area contributed by atoms with Crippen LogP contribution in [0.3, 0.4) is 0 Å². The number of carbonyl (C=O) groups excluding carboxylic acids is 2. The second-order valence-corrected chi connectivity index (χ2v) is 8.28. The summed E-state index contributed by atoms with van der Waals surface area (Å²) in [6.45, 7) is 1.82. The normalized spacial score (nSPS) is 10.7. The minimum atomic E-state index is -0.653. The molecule has 0 radical (unpaired) electrons. The van der Waals surface area contributed by atoms with Crippen LogP contribution in [0.2, 0.25) is 0 Å². The summed E-state index contributed by atoms with van der Waals surface area (Å²) in [5.74, 6) is -0.409. The predicted octanol–water partition coefficient (Wildman–Crippen LogP) is 5.64. The Balaban J connectivity index is 1.45. The third-order valence-electron chi connectivity index (χ3n) is 5.91. The van der Waals surface area contributed by atoms with E-state index < -0.39 is 5.91 Å². The molecule has 0 unspecified atom stereocenters. The van der Waals surface area contributed by atoms with Crippen molar-refractivity contribution in [1.82, 2.24) is 15.4 Å². The van der Waals surface area contributed by atoms with Crippen molar-refractivity contribution in [3.8, 4) is 22.6 Å². The number of para-hydroxylation sites is 1. The molecule has 0 saturated carbocycles. The average Bonchev–Trinajstić information content (AvgIpc) is 2.93. The van der Waals surface area contributed by atoms with Crippen LogP contribution in [-0.4, -0.2) is 27.0 Å². The summed E-state index contributed by atoms with van der Waals surface area (Å²) in [7, 11) is 0. The van der Waals surface area contributed by atoms with E-state index in [1.165, 1.54) is 6.07 Å².